The zero-order chi connectivity index (χ0) is 31.3. The number of carbonyl (C=O) groups excluding carboxylic acids is 3. The van der Waals surface area contributed by atoms with Gasteiger partial charge in [-0.1, -0.05) is 74.6 Å². The summed E-state index contributed by atoms with van der Waals surface area (Å²) in [5.41, 5.74) is 1.04. The number of likely N-dealkylation sites (tertiary alicyclic amines) is 1. The molecule has 44 heavy (non-hydrogen) atoms. The van der Waals surface area contributed by atoms with Gasteiger partial charge < -0.3 is 19.8 Å². The fourth-order valence-corrected chi connectivity index (χ4v) is 10.9. The highest BCUT2D eigenvalue weighted by molar-refractivity contribution is 8.02. The van der Waals surface area contributed by atoms with E-state index in [2.05, 4.69) is 20.1 Å². The summed E-state index contributed by atoms with van der Waals surface area (Å²) in [6.07, 6.45) is 13.8. The fraction of sp³-hybridized carbons (Fsp3) is 0.639. The van der Waals surface area contributed by atoms with Gasteiger partial charge in [0, 0.05) is 43.6 Å². The lowest BCUT2D eigenvalue weighted by atomic mass is 9.66. The number of aliphatic hydroxyl groups excluding tert-OH is 1. The third-order valence-electron chi connectivity index (χ3n) is 10.6. The van der Waals surface area contributed by atoms with Crippen molar-refractivity contribution in [2.45, 2.75) is 106 Å². The summed E-state index contributed by atoms with van der Waals surface area (Å²) >= 11 is 1.76. The van der Waals surface area contributed by atoms with Gasteiger partial charge in [0.05, 0.1) is 16.6 Å². The topological polar surface area (TPSA) is 81.2 Å². The normalized spacial score (nSPS) is 29.5. The van der Waals surface area contributed by atoms with Crippen molar-refractivity contribution in [3.63, 3.8) is 0 Å². The van der Waals surface area contributed by atoms with Gasteiger partial charge in [-0.2, -0.15) is 0 Å². The molecule has 1 aromatic rings. The molecule has 7 nitrogen and oxygen atoms in total. The number of nitrogens with zero attached hydrogens (tertiary/aromatic N) is 3. The van der Waals surface area contributed by atoms with Crippen LogP contribution >= 0.6 is 11.8 Å². The van der Waals surface area contributed by atoms with Crippen LogP contribution in [0.25, 0.3) is 0 Å². The number of benzene rings is 1. The molecule has 2 bridgehead atoms. The lowest BCUT2D eigenvalue weighted by Crippen LogP contribution is -2.57. The highest BCUT2D eigenvalue weighted by atomic mass is 32.2. The van der Waals surface area contributed by atoms with Gasteiger partial charge in [-0.15, -0.1) is 24.9 Å². The van der Waals surface area contributed by atoms with Crippen molar-refractivity contribution >= 4 is 29.5 Å². The van der Waals surface area contributed by atoms with Crippen LogP contribution in [0.4, 0.5) is 0 Å². The second-order valence-corrected chi connectivity index (χ2v) is 15.4. The van der Waals surface area contributed by atoms with E-state index >= 15 is 0 Å². The first-order valence-corrected chi connectivity index (χ1v) is 17.6. The average Bonchev–Trinajstić information content (AvgIpc) is 3.60. The SMILES string of the molecule is C=CCN(Cc1ccccc1)C(=O)[C@H]1[C@H]2C(=O)N(CCCCCCO)C(C(=O)N(CC=C)C3CCCCC3)C23CC[C@]1(C)S3. The molecular formula is C36H51N3O4S. The summed E-state index contributed by atoms with van der Waals surface area (Å²) in [4.78, 5) is 49.8. The summed E-state index contributed by atoms with van der Waals surface area (Å²) in [6, 6.07) is 9.56. The van der Waals surface area contributed by atoms with Gasteiger partial charge in [0.1, 0.15) is 6.04 Å². The minimum Gasteiger partial charge on any atom is -0.396 e. The van der Waals surface area contributed by atoms with Crippen molar-refractivity contribution in [1.82, 2.24) is 14.7 Å². The molecule has 1 saturated carbocycles. The van der Waals surface area contributed by atoms with Crippen LogP contribution in [0.1, 0.15) is 83.1 Å². The van der Waals surface area contributed by atoms with Crippen LogP contribution in [0, 0.1) is 11.8 Å². The molecular weight excluding hydrogens is 570 g/mol. The molecule has 1 N–H and O–H groups in total. The maximum atomic E-state index is 14.8. The van der Waals surface area contributed by atoms with Gasteiger partial charge in [0.15, 0.2) is 0 Å². The third kappa shape index (κ3) is 6.13. The van der Waals surface area contributed by atoms with Crippen LogP contribution in [0.5, 0.6) is 0 Å². The molecule has 3 saturated heterocycles. The molecule has 3 amide bonds. The Labute approximate surface area is 268 Å². The zero-order valence-electron chi connectivity index (χ0n) is 26.5. The summed E-state index contributed by atoms with van der Waals surface area (Å²) in [6.45, 7) is 12.1. The van der Waals surface area contributed by atoms with E-state index in [4.69, 9.17) is 0 Å². The molecule has 3 aliphatic heterocycles. The second-order valence-electron chi connectivity index (χ2n) is 13.5. The Morgan fingerprint density at radius 1 is 1.00 bits per heavy atom. The van der Waals surface area contributed by atoms with Gasteiger partial charge >= 0.3 is 0 Å². The predicted molar refractivity (Wildman–Crippen MR) is 177 cm³/mol. The van der Waals surface area contributed by atoms with Crippen molar-refractivity contribution < 1.29 is 19.5 Å². The first kappa shape index (κ1) is 32.8. The molecule has 0 aromatic heterocycles. The van der Waals surface area contributed by atoms with E-state index in [0.29, 0.717) is 26.2 Å². The molecule has 4 fully saturated rings. The molecule has 8 heteroatoms. The van der Waals surface area contributed by atoms with Crippen molar-refractivity contribution in [3.05, 3.63) is 61.2 Å². The molecule has 3 heterocycles. The van der Waals surface area contributed by atoms with Crippen molar-refractivity contribution in [2.24, 2.45) is 11.8 Å². The summed E-state index contributed by atoms with van der Waals surface area (Å²) in [5.74, 6) is -1.00. The van der Waals surface area contributed by atoms with Crippen LogP contribution in [0.3, 0.4) is 0 Å². The number of aliphatic hydroxyl groups is 1. The summed E-state index contributed by atoms with van der Waals surface area (Å²) < 4.78 is -1.03. The highest BCUT2D eigenvalue weighted by Crippen LogP contribution is 2.71. The molecule has 4 aliphatic rings. The summed E-state index contributed by atoms with van der Waals surface area (Å²) in [5, 5.41) is 9.26. The quantitative estimate of drug-likeness (QED) is 0.204. The first-order chi connectivity index (χ1) is 21.3. The largest absolute Gasteiger partial charge is 0.396 e. The maximum Gasteiger partial charge on any atom is 0.247 e. The molecule has 5 atom stereocenters. The van der Waals surface area contributed by atoms with Crippen LogP contribution in [-0.4, -0.2) is 85.3 Å². The number of unbranched alkanes of at least 4 members (excludes halogenated alkanes) is 3. The lowest BCUT2D eigenvalue weighted by Gasteiger charge is -2.41. The maximum absolute atomic E-state index is 14.8. The lowest BCUT2D eigenvalue weighted by molar-refractivity contribution is -0.146. The van der Waals surface area contributed by atoms with E-state index in [0.717, 1.165) is 69.8 Å². The molecule has 0 radical (unpaired) electrons. The predicted octanol–water partition coefficient (Wildman–Crippen LogP) is 5.58. The molecule has 240 valence electrons. The molecule has 1 aromatic carbocycles. The average molecular weight is 622 g/mol. The van der Waals surface area contributed by atoms with Crippen molar-refractivity contribution in [3.8, 4) is 0 Å². The molecule has 1 aliphatic carbocycles. The van der Waals surface area contributed by atoms with Gasteiger partial charge in [-0.3, -0.25) is 14.4 Å². The van der Waals surface area contributed by atoms with E-state index in [1.54, 1.807) is 17.8 Å². The minimum atomic E-state index is -0.616. The van der Waals surface area contributed by atoms with Crippen LogP contribution in [0.2, 0.25) is 0 Å². The standard InChI is InChI=1S/C36H51N3O4S/c1-4-22-37(26-27-16-10-8-11-17-27)32(41)29-30-33(42)39(24-14-6-7-15-25-40)31(36(30)21-20-35(29,3)44-36)34(43)38(23-5-2)28-18-12-9-13-19-28/h4-5,8,10-11,16-17,28-31,40H,1-2,6-7,9,12-15,18-26H2,3H3/t29-,30+,31?,35+,36?/m1/s1. The van der Waals surface area contributed by atoms with Gasteiger partial charge in [-0.05, 0) is 51.0 Å². The Kier molecular flexibility index (Phi) is 10.6. The number of fused-ring (bicyclic) bond motifs is 1. The van der Waals surface area contributed by atoms with E-state index in [9.17, 15) is 19.5 Å². The van der Waals surface area contributed by atoms with E-state index < -0.39 is 27.4 Å². The monoisotopic (exact) mass is 621 g/mol. The van der Waals surface area contributed by atoms with Gasteiger partial charge in [-0.25, -0.2) is 0 Å². The Hall–Kier alpha value is -2.58. The van der Waals surface area contributed by atoms with Crippen LogP contribution < -0.4 is 0 Å². The second kappa shape index (κ2) is 14.2. The number of carbonyl (C=O) groups is 3. The van der Waals surface area contributed by atoms with Crippen molar-refractivity contribution in [2.75, 3.05) is 26.2 Å². The first-order valence-electron chi connectivity index (χ1n) is 16.8. The van der Waals surface area contributed by atoms with Crippen LogP contribution in [0.15, 0.2) is 55.6 Å². The number of hydrogen-bond donors (Lipinski definition) is 1. The highest BCUT2D eigenvalue weighted by Gasteiger charge is 2.77. The van der Waals surface area contributed by atoms with Crippen molar-refractivity contribution in [1.29, 1.82) is 0 Å². The van der Waals surface area contributed by atoms with Crippen LogP contribution in [-0.2, 0) is 20.9 Å². The third-order valence-corrected chi connectivity index (χ3v) is 12.6. The Morgan fingerprint density at radius 3 is 2.39 bits per heavy atom. The Balaban J connectivity index is 1.49. The van der Waals surface area contributed by atoms with E-state index in [1.165, 1.54) is 6.42 Å². The molecule has 2 unspecified atom stereocenters. The summed E-state index contributed by atoms with van der Waals surface area (Å²) in [7, 11) is 0. The number of amides is 3. The Bertz CT molecular complexity index is 1200. The van der Waals surface area contributed by atoms with E-state index in [1.807, 2.05) is 51.1 Å². The van der Waals surface area contributed by atoms with E-state index in [-0.39, 0.29) is 30.4 Å². The number of rotatable bonds is 15. The smallest absolute Gasteiger partial charge is 0.247 e. The number of thioether (sulfide) groups is 1. The Morgan fingerprint density at radius 2 is 1.70 bits per heavy atom. The molecule has 5 rings (SSSR count). The molecule has 1 spiro atoms. The van der Waals surface area contributed by atoms with Gasteiger partial charge in [0.2, 0.25) is 17.7 Å². The zero-order valence-corrected chi connectivity index (χ0v) is 27.3. The fourth-order valence-electron chi connectivity index (χ4n) is 8.57. The number of hydrogen-bond acceptors (Lipinski definition) is 5. The van der Waals surface area contributed by atoms with Gasteiger partial charge in [0.25, 0.3) is 0 Å². The minimum absolute atomic E-state index is 0.00472.